The minimum absolute atomic E-state index is 0.590. The highest BCUT2D eigenvalue weighted by Gasteiger charge is 2.19. The largest absolute Gasteiger partial charge is 0.474 e. The summed E-state index contributed by atoms with van der Waals surface area (Å²) in [6, 6.07) is 4.01. The molecule has 0 aliphatic rings. The number of hydrogen-bond acceptors (Lipinski definition) is 2. The number of ether oxygens (including phenoxy) is 1. The SMILES string of the molecule is C#CC(C)(C)Oc1cc(CCCCC)cc(C)c1C=O. The van der Waals surface area contributed by atoms with Crippen LogP contribution in [0, 0.1) is 19.3 Å². The highest BCUT2D eigenvalue weighted by atomic mass is 16.5. The van der Waals surface area contributed by atoms with Gasteiger partial charge in [0.05, 0.1) is 5.56 Å². The molecular formula is C18H24O2. The number of carbonyl (C=O) groups is 1. The lowest BCUT2D eigenvalue weighted by molar-refractivity contribution is 0.111. The van der Waals surface area contributed by atoms with Crippen LogP contribution in [0.15, 0.2) is 12.1 Å². The summed E-state index contributed by atoms with van der Waals surface area (Å²) in [7, 11) is 0. The maximum atomic E-state index is 11.3. The lowest BCUT2D eigenvalue weighted by Gasteiger charge is -2.22. The van der Waals surface area contributed by atoms with Gasteiger partial charge in [-0.3, -0.25) is 4.79 Å². The number of aryl methyl sites for hydroxylation is 2. The molecule has 1 aromatic rings. The predicted octanol–water partition coefficient (Wildman–Crippen LogP) is 4.33. The summed E-state index contributed by atoms with van der Waals surface area (Å²) in [4.78, 5) is 11.3. The Morgan fingerprint density at radius 1 is 1.35 bits per heavy atom. The first-order chi connectivity index (χ1) is 9.43. The van der Waals surface area contributed by atoms with Gasteiger partial charge in [0.15, 0.2) is 11.9 Å². The fourth-order valence-electron chi connectivity index (χ4n) is 2.10. The van der Waals surface area contributed by atoms with Gasteiger partial charge in [-0.1, -0.05) is 31.8 Å². The van der Waals surface area contributed by atoms with Gasteiger partial charge in [0.2, 0.25) is 0 Å². The van der Waals surface area contributed by atoms with E-state index >= 15 is 0 Å². The molecule has 0 unspecified atom stereocenters. The summed E-state index contributed by atoms with van der Waals surface area (Å²) in [5.74, 6) is 3.19. The van der Waals surface area contributed by atoms with E-state index in [0.717, 1.165) is 24.7 Å². The van der Waals surface area contributed by atoms with Gasteiger partial charge >= 0.3 is 0 Å². The molecule has 20 heavy (non-hydrogen) atoms. The van der Waals surface area contributed by atoms with Crippen molar-refractivity contribution in [1.82, 2.24) is 0 Å². The minimum Gasteiger partial charge on any atom is -0.474 e. The van der Waals surface area contributed by atoms with E-state index in [9.17, 15) is 4.79 Å². The van der Waals surface area contributed by atoms with E-state index in [4.69, 9.17) is 11.2 Å². The Bertz CT molecular complexity index is 507. The first-order valence-corrected chi connectivity index (χ1v) is 7.19. The Morgan fingerprint density at radius 3 is 2.60 bits per heavy atom. The zero-order valence-electron chi connectivity index (χ0n) is 13.0. The molecule has 0 amide bonds. The molecule has 0 radical (unpaired) electrons. The highest BCUT2D eigenvalue weighted by Crippen LogP contribution is 2.27. The molecule has 1 rings (SSSR count). The van der Waals surface area contributed by atoms with Crippen LogP contribution in [0.2, 0.25) is 0 Å². The molecule has 0 aliphatic heterocycles. The van der Waals surface area contributed by atoms with Crippen molar-refractivity contribution in [2.75, 3.05) is 0 Å². The third-order valence-corrected chi connectivity index (χ3v) is 3.31. The molecule has 0 N–H and O–H groups in total. The number of unbranched alkanes of at least 4 members (excludes halogenated alkanes) is 2. The Labute approximate surface area is 122 Å². The van der Waals surface area contributed by atoms with Crippen LogP contribution < -0.4 is 4.74 Å². The van der Waals surface area contributed by atoms with E-state index in [1.807, 2.05) is 26.8 Å². The average Bonchev–Trinajstić information content (AvgIpc) is 2.38. The van der Waals surface area contributed by atoms with E-state index < -0.39 is 5.60 Å². The normalized spacial score (nSPS) is 10.9. The lowest BCUT2D eigenvalue weighted by Crippen LogP contribution is -2.26. The predicted molar refractivity (Wildman–Crippen MR) is 83.3 cm³/mol. The molecule has 0 saturated carbocycles. The molecule has 0 bridgehead atoms. The highest BCUT2D eigenvalue weighted by molar-refractivity contribution is 5.82. The minimum atomic E-state index is -0.716. The van der Waals surface area contributed by atoms with Crippen LogP contribution in [0.25, 0.3) is 0 Å². The van der Waals surface area contributed by atoms with Crippen LogP contribution in [0.4, 0.5) is 0 Å². The number of benzene rings is 1. The Morgan fingerprint density at radius 2 is 2.05 bits per heavy atom. The summed E-state index contributed by atoms with van der Waals surface area (Å²) < 4.78 is 5.83. The van der Waals surface area contributed by atoms with Gasteiger partial charge < -0.3 is 4.74 Å². The second kappa shape index (κ2) is 7.14. The first kappa shape index (κ1) is 16.3. The van der Waals surface area contributed by atoms with Crippen molar-refractivity contribution in [3.63, 3.8) is 0 Å². The summed E-state index contributed by atoms with van der Waals surface area (Å²) in [5, 5.41) is 0. The van der Waals surface area contributed by atoms with Gasteiger partial charge in [0, 0.05) is 0 Å². The quantitative estimate of drug-likeness (QED) is 0.419. The number of terminal acetylenes is 1. The van der Waals surface area contributed by atoms with Crippen molar-refractivity contribution in [2.45, 2.75) is 59.0 Å². The molecule has 1 aromatic carbocycles. The van der Waals surface area contributed by atoms with E-state index in [1.54, 1.807) is 0 Å². The summed E-state index contributed by atoms with van der Waals surface area (Å²) in [6.07, 6.45) is 10.8. The molecule has 108 valence electrons. The molecule has 2 nitrogen and oxygen atoms in total. The standard InChI is InChI=1S/C18H24O2/c1-6-8-9-10-15-11-14(3)16(13-19)17(12-15)20-18(4,5)7-2/h2,11-13H,6,8-10H2,1,3-5H3. The number of carbonyl (C=O) groups excluding carboxylic acids is 1. The van der Waals surface area contributed by atoms with Crippen LogP contribution in [0.1, 0.15) is 61.5 Å². The van der Waals surface area contributed by atoms with Gasteiger partial charge in [-0.15, -0.1) is 6.42 Å². The van der Waals surface area contributed by atoms with Gasteiger partial charge in [0.25, 0.3) is 0 Å². The number of aldehydes is 1. The van der Waals surface area contributed by atoms with Crippen molar-refractivity contribution in [3.05, 3.63) is 28.8 Å². The fraction of sp³-hybridized carbons (Fsp3) is 0.500. The van der Waals surface area contributed by atoms with Crippen LogP contribution in [0.5, 0.6) is 5.75 Å². The molecule has 0 heterocycles. The van der Waals surface area contributed by atoms with E-state index in [0.29, 0.717) is 11.3 Å². The molecule has 0 saturated heterocycles. The maximum absolute atomic E-state index is 11.3. The molecule has 2 heteroatoms. The van der Waals surface area contributed by atoms with Crippen molar-refractivity contribution in [3.8, 4) is 18.1 Å². The van der Waals surface area contributed by atoms with Crippen molar-refractivity contribution in [2.24, 2.45) is 0 Å². The van der Waals surface area contributed by atoms with Crippen molar-refractivity contribution < 1.29 is 9.53 Å². The van der Waals surface area contributed by atoms with Crippen LogP contribution in [-0.2, 0) is 6.42 Å². The fourth-order valence-corrected chi connectivity index (χ4v) is 2.10. The van der Waals surface area contributed by atoms with Gasteiger partial charge in [-0.05, 0) is 50.8 Å². The summed E-state index contributed by atoms with van der Waals surface area (Å²) in [6.45, 7) is 7.76. The number of hydrogen-bond donors (Lipinski definition) is 0. The summed E-state index contributed by atoms with van der Waals surface area (Å²) in [5.41, 5.74) is 2.01. The molecule has 0 atom stereocenters. The molecule has 0 spiro atoms. The van der Waals surface area contributed by atoms with E-state index in [-0.39, 0.29) is 0 Å². The Kier molecular flexibility index (Phi) is 5.82. The molecular weight excluding hydrogens is 248 g/mol. The Hall–Kier alpha value is -1.75. The van der Waals surface area contributed by atoms with Gasteiger partial charge in [0.1, 0.15) is 5.75 Å². The van der Waals surface area contributed by atoms with Gasteiger partial charge in [-0.2, -0.15) is 0 Å². The zero-order valence-corrected chi connectivity index (χ0v) is 13.0. The van der Waals surface area contributed by atoms with Crippen LogP contribution in [-0.4, -0.2) is 11.9 Å². The van der Waals surface area contributed by atoms with E-state index in [1.165, 1.54) is 18.4 Å². The second-order valence-corrected chi connectivity index (χ2v) is 5.66. The molecule has 0 aromatic heterocycles. The van der Waals surface area contributed by atoms with Crippen LogP contribution >= 0.6 is 0 Å². The third-order valence-electron chi connectivity index (χ3n) is 3.31. The zero-order chi connectivity index (χ0) is 15.2. The second-order valence-electron chi connectivity index (χ2n) is 5.66. The van der Waals surface area contributed by atoms with Crippen molar-refractivity contribution in [1.29, 1.82) is 0 Å². The lowest BCUT2D eigenvalue weighted by atomic mass is 10.00. The monoisotopic (exact) mass is 272 g/mol. The first-order valence-electron chi connectivity index (χ1n) is 7.19. The van der Waals surface area contributed by atoms with Gasteiger partial charge in [-0.25, -0.2) is 0 Å². The molecule has 0 fully saturated rings. The van der Waals surface area contributed by atoms with E-state index in [2.05, 4.69) is 18.9 Å². The van der Waals surface area contributed by atoms with Crippen LogP contribution in [0.3, 0.4) is 0 Å². The maximum Gasteiger partial charge on any atom is 0.163 e. The summed E-state index contributed by atoms with van der Waals surface area (Å²) >= 11 is 0. The Balaban J connectivity index is 3.06. The topological polar surface area (TPSA) is 26.3 Å². The number of rotatable bonds is 7. The average molecular weight is 272 g/mol. The third kappa shape index (κ3) is 4.42. The smallest absolute Gasteiger partial charge is 0.163 e. The van der Waals surface area contributed by atoms with Crippen molar-refractivity contribution >= 4 is 6.29 Å². The molecule has 0 aliphatic carbocycles.